The molecule has 1 aromatic carbocycles. The molecule has 2 heterocycles. The molecule has 2 N–H and O–H groups in total. The number of benzene rings is 1. The van der Waals surface area contributed by atoms with E-state index >= 15 is 0 Å². The minimum atomic E-state index is -0.674. The molecule has 1 unspecified atom stereocenters. The number of aromatic nitrogens is 2. The minimum Gasteiger partial charge on any atom is -0.295 e. The van der Waals surface area contributed by atoms with Gasteiger partial charge in [-0.1, -0.05) is 6.07 Å². The van der Waals surface area contributed by atoms with Crippen LogP contribution in [-0.4, -0.2) is 32.8 Å². The normalized spacial score (nSPS) is 18.2. The van der Waals surface area contributed by atoms with Gasteiger partial charge in [-0.15, -0.1) is 0 Å². The number of piperidine rings is 1. The van der Waals surface area contributed by atoms with Crippen molar-refractivity contribution in [2.75, 3.05) is 6.61 Å². The first kappa shape index (κ1) is 16.4. The van der Waals surface area contributed by atoms with Crippen LogP contribution in [0.5, 0.6) is 0 Å². The summed E-state index contributed by atoms with van der Waals surface area (Å²) in [6, 6.07) is 4.93. The summed E-state index contributed by atoms with van der Waals surface area (Å²) in [6.07, 6.45) is 1.90. The Labute approximate surface area is 137 Å². The Morgan fingerprint density at radius 2 is 2.08 bits per heavy atom. The van der Waals surface area contributed by atoms with Crippen LogP contribution < -0.4 is 11.0 Å². The van der Waals surface area contributed by atoms with Gasteiger partial charge in [0.1, 0.15) is 6.04 Å². The molecule has 2 amide bonds. The maximum atomic E-state index is 12.6. The fraction of sp³-hybridized carbons (Fsp3) is 0.438. The molecule has 1 aromatic heterocycles. The third kappa shape index (κ3) is 2.85. The Morgan fingerprint density at radius 3 is 2.79 bits per heavy atom. The van der Waals surface area contributed by atoms with Gasteiger partial charge in [-0.25, -0.2) is 9.68 Å². The summed E-state index contributed by atoms with van der Waals surface area (Å²) >= 11 is 0. The highest BCUT2D eigenvalue weighted by Gasteiger charge is 2.31. The second kappa shape index (κ2) is 6.58. The van der Waals surface area contributed by atoms with Crippen molar-refractivity contribution in [2.24, 2.45) is 7.05 Å². The molecular weight excluding hydrogens is 314 g/mol. The number of imide groups is 1. The van der Waals surface area contributed by atoms with Gasteiger partial charge >= 0.3 is 5.69 Å². The van der Waals surface area contributed by atoms with E-state index in [1.165, 1.54) is 9.13 Å². The van der Waals surface area contributed by atoms with Crippen molar-refractivity contribution in [2.45, 2.75) is 31.7 Å². The molecule has 0 spiro atoms. The summed E-state index contributed by atoms with van der Waals surface area (Å²) in [5, 5.41) is 10.7. The van der Waals surface area contributed by atoms with Crippen molar-refractivity contribution in [1.29, 1.82) is 0 Å². The van der Waals surface area contributed by atoms with Gasteiger partial charge in [0.2, 0.25) is 11.8 Å². The Kier molecular flexibility index (Phi) is 4.50. The number of carbonyl (C=O) groups excluding carboxylic acids is 2. The molecule has 1 atom stereocenters. The average molecular weight is 333 g/mol. The highest BCUT2D eigenvalue weighted by molar-refractivity contribution is 6.00. The molecule has 3 rings (SSSR count). The van der Waals surface area contributed by atoms with Crippen LogP contribution in [0.15, 0.2) is 23.0 Å². The molecule has 1 aliphatic heterocycles. The van der Waals surface area contributed by atoms with Crippen LogP contribution >= 0.6 is 0 Å². The first-order valence-electron chi connectivity index (χ1n) is 7.83. The minimum absolute atomic E-state index is 0.221. The Hall–Kier alpha value is -2.45. The van der Waals surface area contributed by atoms with E-state index in [4.69, 9.17) is 5.26 Å². The van der Waals surface area contributed by atoms with E-state index < -0.39 is 11.9 Å². The fourth-order valence-electron chi connectivity index (χ4n) is 3.14. The van der Waals surface area contributed by atoms with Gasteiger partial charge in [0.05, 0.1) is 17.6 Å². The number of hydrogen-bond acceptors (Lipinski definition) is 5. The summed E-state index contributed by atoms with van der Waals surface area (Å²) in [6.45, 7) is 0.244. The molecule has 0 bridgehead atoms. The maximum Gasteiger partial charge on any atom is 0.329 e. The van der Waals surface area contributed by atoms with E-state index in [2.05, 4.69) is 10.2 Å². The Balaban J connectivity index is 2.00. The Morgan fingerprint density at radius 1 is 1.29 bits per heavy atom. The quantitative estimate of drug-likeness (QED) is 0.364. The lowest BCUT2D eigenvalue weighted by atomic mass is 10.1. The zero-order valence-corrected chi connectivity index (χ0v) is 13.3. The van der Waals surface area contributed by atoms with Gasteiger partial charge < -0.3 is 0 Å². The standard InChI is InChI=1S/C16H19N3O5/c1-18-13-9-10(3-2-8-24-23)4-5-11(13)19(16(18)22)12-6-7-14(20)17-15(12)21/h4-5,9,12,23H,2-3,6-8H2,1H3,(H,17,20,21). The summed E-state index contributed by atoms with van der Waals surface area (Å²) in [5.74, 6) is -0.747. The number of hydrogen-bond donors (Lipinski definition) is 2. The number of amides is 2. The third-order valence-corrected chi connectivity index (χ3v) is 4.38. The van der Waals surface area contributed by atoms with Crippen molar-refractivity contribution in [3.05, 3.63) is 34.2 Å². The van der Waals surface area contributed by atoms with Crippen molar-refractivity contribution in [1.82, 2.24) is 14.5 Å². The maximum absolute atomic E-state index is 12.6. The van der Waals surface area contributed by atoms with E-state index in [-0.39, 0.29) is 24.6 Å². The lowest BCUT2D eigenvalue weighted by Gasteiger charge is -2.21. The zero-order valence-electron chi connectivity index (χ0n) is 13.3. The fourth-order valence-corrected chi connectivity index (χ4v) is 3.14. The lowest BCUT2D eigenvalue weighted by Crippen LogP contribution is -2.44. The topological polar surface area (TPSA) is 103 Å². The second-order valence-corrected chi connectivity index (χ2v) is 5.94. The van der Waals surface area contributed by atoms with Crippen molar-refractivity contribution in [3.8, 4) is 0 Å². The highest BCUT2D eigenvalue weighted by Crippen LogP contribution is 2.24. The first-order valence-corrected chi connectivity index (χ1v) is 7.83. The highest BCUT2D eigenvalue weighted by atomic mass is 17.1. The van der Waals surface area contributed by atoms with Crippen LogP contribution in [0.3, 0.4) is 0 Å². The number of aryl methyl sites for hydroxylation is 2. The van der Waals surface area contributed by atoms with E-state index in [1.807, 2.05) is 18.2 Å². The van der Waals surface area contributed by atoms with Crippen LogP contribution in [0.1, 0.15) is 30.9 Å². The second-order valence-electron chi connectivity index (χ2n) is 5.94. The van der Waals surface area contributed by atoms with Gasteiger partial charge in [-0.2, -0.15) is 0 Å². The predicted octanol–water partition coefficient (Wildman–Crippen LogP) is 0.740. The average Bonchev–Trinajstić information content (AvgIpc) is 2.80. The molecule has 128 valence electrons. The first-order chi connectivity index (χ1) is 11.5. The Bertz CT molecular complexity index is 851. The number of carbonyl (C=O) groups is 2. The van der Waals surface area contributed by atoms with Crippen molar-refractivity contribution < 1.29 is 19.7 Å². The largest absolute Gasteiger partial charge is 0.329 e. The third-order valence-electron chi connectivity index (χ3n) is 4.38. The van der Waals surface area contributed by atoms with Crippen LogP contribution in [0.25, 0.3) is 11.0 Å². The summed E-state index contributed by atoms with van der Waals surface area (Å²) in [7, 11) is 1.66. The molecule has 0 saturated carbocycles. The van der Waals surface area contributed by atoms with Gasteiger partial charge in [0.15, 0.2) is 0 Å². The lowest BCUT2D eigenvalue weighted by molar-refractivity contribution is -0.242. The van der Waals surface area contributed by atoms with E-state index in [0.717, 1.165) is 11.1 Å². The van der Waals surface area contributed by atoms with Crippen LogP contribution in [0.2, 0.25) is 0 Å². The molecule has 8 nitrogen and oxygen atoms in total. The summed E-state index contributed by atoms with van der Waals surface area (Å²) < 4.78 is 2.96. The molecule has 0 radical (unpaired) electrons. The molecule has 1 saturated heterocycles. The molecule has 1 aliphatic rings. The number of fused-ring (bicyclic) bond motifs is 1. The van der Waals surface area contributed by atoms with Crippen LogP contribution in [-0.2, 0) is 27.9 Å². The molecule has 0 aliphatic carbocycles. The van der Waals surface area contributed by atoms with E-state index in [0.29, 0.717) is 24.8 Å². The van der Waals surface area contributed by atoms with Crippen molar-refractivity contribution in [3.63, 3.8) is 0 Å². The molecule has 8 heteroatoms. The molecule has 1 fully saturated rings. The molecular formula is C16H19N3O5. The summed E-state index contributed by atoms with van der Waals surface area (Å²) in [5.41, 5.74) is 2.12. The van der Waals surface area contributed by atoms with E-state index in [1.54, 1.807) is 7.05 Å². The van der Waals surface area contributed by atoms with Crippen molar-refractivity contribution >= 4 is 22.8 Å². The van der Waals surface area contributed by atoms with Crippen LogP contribution in [0, 0.1) is 0 Å². The van der Waals surface area contributed by atoms with Crippen LogP contribution in [0.4, 0.5) is 0 Å². The molecule has 2 aromatic rings. The molecule has 24 heavy (non-hydrogen) atoms. The monoisotopic (exact) mass is 333 g/mol. The number of imidazole rings is 1. The van der Waals surface area contributed by atoms with Gasteiger partial charge in [0.25, 0.3) is 0 Å². The summed E-state index contributed by atoms with van der Waals surface area (Å²) in [4.78, 5) is 40.1. The number of nitrogens with zero attached hydrogens (tertiary/aromatic N) is 2. The van der Waals surface area contributed by atoms with Gasteiger partial charge in [0, 0.05) is 13.5 Å². The number of rotatable bonds is 5. The van der Waals surface area contributed by atoms with Gasteiger partial charge in [-0.05, 0) is 37.0 Å². The zero-order chi connectivity index (χ0) is 17.3. The predicted molar refractivity (Wildman–Crippen MR) is 85.5 cm³/mol. The SMILES string of the molecule is Cn1c(=O)n(C2CCC(=O)NC2=O)c2ccc(CCCOO)cc21. The number of nitrogens with one attached hydrogen (secondary N) is 1. The van der Waals surface area contributed by atoms with E-state index in [9.17, 15) is 14.4 Å². The van der Waals surface area contributed by atoms with Gasteiger partial charge in [-0.3, -0.25) is 29.3 Å². The smallest absolute Gasteiger partial charge is 0.295 e.